The molecule has 1 fully saturated rings. The highest BCUT2D eigenvalue weighted by Gasteiger charge is 2.22. The molecule has 1 atom stereocenters. The van der Waals surface area contributed by atoms with Crippen molar-refractivity contribution >= 4 is 16.8 Å². The average molecular weight is 284 g/mol. The first-order valence-corrected chi connectivity index (χ1v) is 8.08. The summed E-state index contributed by atoms with van der Waals surface area (Å²) in [6.45, 7) is 2.15. The molecule has 1 saturated carbocycles. The predicted molar refractivity (Wildman–Crippen MR) is 86.2 cm³/mol. The van der Waals surface area contributed by atoms with E-state index in [1.54, 1.807) is 0 Å². The summed E-state index contributed by atoms with van der Waals surface area (Å²) in [4.78, 5) is 15.4. The number of amides is 1. The lowest BCUT2D eigenvalue weighted by atomic mass is 9.99. The Morgan fingerprint density at radius 1 is 1.33 bits per heavy atom. The van der Waals surface area contributed by atoms with E-state index in [1.807, 2.05) is 18.3 Å². The Balaban J connectivity index is 1.53. The van der Waals surface area contributed by atoms with E-state index in [4.69, 9.17) is 0 Å². The highest BCUT2D eigenvalue weighted by molar-refractivity contribution is 5.84. The van der Waals surface area contributed by atoms with Crippen LogP contribution in [0.25, 0.3) is 10.9 Å². The molecule has 1 heterocycles. The number of aromatic amines is 1. The number of para-hydroxylation sites is 1. The summed E-state index contributed by atoms with van der Waals surface area (Å²) in [5.74, 6) is 0.863. The Kier molecular flexibility index (Phi) is 4.28. The first-order valence-electron chi connectivity index (χ1n) is 8.08. The highest BCUT2D eigenvalue weighted by Crippen LogP contribution is 2.27. The Hall–Kier alpha value is -1.77. The van der Waals surface area contributed by atoms with Gasteiger partial charge < -0.3 is 10.3 Å². The lowest BCUT2D eigenvalue weighted by Gasteiger charge is -2.20. The first-order chi connectivity index (χ1) is 10.2. The lowest BCUT2D eigenvalue weighted by Crippen LogP contribution is -2.37. The molecule has 3 heteroatoms. The second kappa shape index (κ2) is 6.33. The van der Waals surface area contributed by atoms with Crippen molar-refractivity contribution in [2.75, 3.05) is 0 Å². The minimum atomic E-state index is 0.180. The Bertz CT molecular complexity index is 610. The number of H-pyrrole nitrogens is 1. The lowest BCUT2D eigenvalue weighted by molar-refractivity contribution is -0.122. The molecule has 0 bridgehead atoms. The van der Waals surface area contributed by atoms with E-state index in [0.717, 1.165) is 11.9 Å². The molecule has 1 aliphatic rings. The zero-order valence-corrected chi connectivity index (χ0v) is 12.7. The molecular formula is C18H24N2O. The number of rotatable bonds is 5. The van der Waals surface area contributed by atoms with E-state index in [9.17, 15) is 4.79 Å². The molecule has 3 rings (SSSR count). The molecule has 0 saturated heterocycles. The van der Waals surface area contributed by atoms with Crippen LogP contribution in [-0.4, -0.2) is 16.9 Å². The van der Waals surface area contributed by atoms with Gasteiger partial charge in [0.1, 0.15) is 0 Å². The molecule has 1 unspecified atom stereocenters. The van der Waals surface area contributed by atoms with Crippen molar-refractivity contribution in [3.63, 3.8) is 0 Å². The second-order valence-corrected chi connectivity index (χ2v) is 6.26. The zero-order chi connectivity index (χ0) is 14.7. The summed E-state index contributed by atoms with van der Waals surface area (Å²) in [5.41, 5.74) is 2.38. The van der Waals surface area contributed by atoms with Gasteiger partial charge >= 0.3 is 0 Å². The number of carbonyl (C=O) groups is 1. The topological polar surface area (TPSA) is 44.9 Å². The molecule has 112 valence electrons. The maximum Gasteiger partial charge on any atom is 0.220 e. The summed E-state index contributed by atoms with van der Waals surface area (Å²) in [7, 11) is 0. The molecule has 1 amide bonds. The molecule has 1 aliphatic carbocycles. The van der Waals surface area contributed by atoms with Crippen LogP contribution in [0, 0.1) is 5.92 Å². The largest absolute Gasteiger partial charge is 0.361 e. The van der Waals surface area contributed by atoms with Crippen molar-refractivity contribution in [1.29, 1.82) is 0 Å². The van der Waals surface area contributed by atoms with Crippen LogP contribution in [0.4, 0.5) is 0 Å². The second-order valence-electron chi connectivity index (χ2n) is 6.26. The minimum Gasteiger partial charge on any atom is -0.361 e. The molecule has 2 aromatic rings. The van der Waals surface area contributed by atoms with Crippen molar-refractivity contribution in [3.8, 4) is 0 Å². The van der Waals surface area contributed by atoms with Crippen LogP contribution in [-0.2, 0) is 11.2 Å². The van der Waals surface area contributed by atoms with Gasteiger partial charge in [0, 0.05) is 29.6 Å². The summed E-state index contributed by atoms with van der Waals surface area (Å²) in [5, 5.41) is 4.41. The molecular weight excluding hydrogens is 260 g/mol. The van der Waals surface area contributed by atoms with Crippen LogP contribution in [0.5, 0.6) is 0 Å². The van der Waals surface area contributed by atoms with E-state index in [1.165, 1.54) is 36.6 Å². The van der Waals surface area contributed by atoms with Crippen molar-refractivity contribution in [3.05, 3.63) is 36.0 Å². The van der Waals surface area contributed by atoms with Crippen molar-refractivity contribution in [2.45, 2.75) is 51.5 Å². The summed E-state index contributed by atoms with van der Waals surface area (Å²) in [6, 6.07) is 8.57. The number of fused-ring (bicyclic) bond motifs is 1. The molecule has 0 spiro atoms. The standard InChI is InChI=1S/C18H24N2O/c1-13(14-6-2-3-7-14)20-18(21)11-10-15-12-19-17-9-5-4-8-16(15)17/h4-5,8-9,12-14,19H,2-3,6-7,10-11H2,1H3,(H,20,21). The van der Waals surface area contributed by atoms with Gasteiger partial charge in [-0.05, 0) is 43.7 Å². The van der Waals surface area contributed by atoms with Crippen LogP contribution in [0.15, 0.2) is 30.5 Å². The van der Waals surface area contributed by atoms with Gasteiger partial charge in [-0.15, -0.1) is 0 Å². The third kappa shape index (κ3) is 3.29. The van der Waals surface area contributed by atoms with E-state index < -0.39 is 0 Å². The van der Waals surface area contributed by atoms with Gasteiger partial charge in [-0.3, -0.25) is 4.79 Å². The number of aryl methyl sites for hydroxylation is 1. The smallest absolute Gasteiger partial charge is 0.220 e. The average Bonchev–Trinajstić information content (AvgIpc) is 3.15. The van der Waals surface area contributed by atoms with Gasteiger partial charge in [-0.2, -0.15) is 0 Å². The summed E-state index contributed by atoms with van der Waals surface area (Å²) >= 11 is 0. The number of benzene rings is 1. The zero-order valence-electron chi connectivity index (χ0n) is 12.7. The number of nitrogens with one attached hydrogen (secondary N) is 2. The van der Waals surface area contributed by atoms with Crippen LogP contribution in [0.2, 0.25) is 0 Å². The third-order valence-electron chi connectivity index (χ3n) is 4.79. The normalized spacial score (nSPS) is 17.2. The third-order valence-corrected chi connectivity index (χ3v) is 4.79. The van der Waals surface area contributed by atoms with Gasteiger partial charge in [0.05, 0.1) is 0 Å². The quantitative estimate of drug-likeness (QED) is 0.862. The number of aromatic nitrogens is 1. The fourth-order valence-electron chi connectivity index (χ4n) is 3.49. The summed E-state index contributed by atoms with van der Waals surface area (Å²) in [6.07, 6.45) is 8.57. The van der Waals surface area contributed by atoms with Gasteiger partial charge in [0.15, 0.2) is 0 Å². The predicted octanol–water partition coefficient (Wildman–Crippen LogP) is 3.80. The molecule has 21 heavy (non-hydrogen) atoms. The van der Waals surface area contributed by atoms with E-state index in [-0.39, 0.29) is 5.91 Å². The van der Waals surface area contributed by atoms with Crippen LogP contribution < -0.4 is 5.32 Å². The summed E-state index contributed by atoms with van der Waals surface area (Å²) < 4.78 is 0. The Morgan fingerprint density at radius 2 is 2.10 bits per heavy atom. The van der Waals surface area contributed by atoms with Crippen molar-refractivity contribution in [2.24, 2.45) is 5.92 Å². The van der Waals surface area contributed by atoms with Crippen molar-refractivity contribution < 1.29 is 4.79 Å². The van der Waals surface area contributed by atoms with E-state index in [0.29, 0.717) is 18.4 Å². The van der Waals surface area contributed by atoms with E-state index >= 15 is 0 Å². The highest BCUT2D eigenvalue weighted by atomic mass is 16.1. The van der Waals surface area contributed by atoms with Crippen LogP contribution in [0.1, 0.15) is 44.6 Å². The van der Waals surface area contributed by atoms with E-state index in [2.05, 4.69) is 29.4 Å². The fourth-order valence-corrected chi connectivity index (χ4v) is 3.49. The number of hydrogen-bond acceptors (Lipinski definition) is 1. The monoisotopic (exact) mass is 284 g/mol. The fraction of sp³-hybridized carbons (Fsp3) is 0.500. The Labute approximate surface area is 126 Å². The van der Waals surface area contributed by atoms with Crippen LogP contribution >= 0.6 is 0 Å². The SMILES string of the molecule is CC(NC(=O)CCc1c[nH]c2ccccc12)C1CCCC1. The maximum atomic E-state index is 12.1. The van der Waals surface area contributed by atoms with Gasteiger partial charge in [0.25, 0.3) is 0 Å². The molecule has 0 aliphatic heterocycles. The molecule has 2 N–H and O–H groups in total. The molecule has 1 aromatic heterocycles. The van der Waals surface area contributed by atoms with Crippen LogP contribution in [0.3, 0.4) is 0 Å². The first kappa shape index (κ1) is 14.2. The number of hydrogen-bond donors (Lipinski definition) is 2. The van der Waals surface area contributed by atoms with Gasteiger partial charge in [-0.1, -0.05) is 31.0 Å². The van der Waals surface area contributed by atoms with Gasteiger partial charge in [0.2, 0.25) is 5.91 Å². The maximum absolute atomic E-state index is 12.1. The Morgan fingerprint density at radius 3 is 2.90 bits per heavy atom. The molecule has 3 nitrogen and oxygen atoms in total. The van der Waals surface area contributed by atoms with Gasteiger partial charge in [-0.25, -0.2) is 0 Å². The number of carbonyl (C=O) groups excluding carboxylic acids is 1. The molecule has 0 radical (unpaired) electrons. The van der Waals surface area contributed by atoms with Crippen molar-refractivity contribution in [1.82, 2.24) is 10.3 Å². The molecule has 1 aromatic carbocycles. The minimum absolute atomic E-state index is 0.180.